The molecule has 6 heteroatoms. The summed E-state index contributed by atoms with van der Waals surface area (Å²) in [6, 6.07) is 4.12. The van der Waals surface area contributed by atoms with Crippen molar-refractivity contribution in [3.8, 4) is 0 Å². The third-order valence-corrected chi connectivity index (χ3v) is 4.06. The summed E-state index contributed by atoms with van der Waals surface area (Å²) >= 11 is 3.16. The predicted octanol–water partition coefficient (Wildman–Crippen LogP) is 3.42. The lowest BCUT2D eigenvalue weighted by atomic mass is 9.98. The third kappa shape index (κ3) is 3.30. The Kier molecular flexibility index (Phi) is 4.23. The van der Waals surface area contributed by atoms with Gasteiger partial charge in [0.1, 0.15) is 0 Å². The van der Waals surface area contributed by atoms with E-state index in [4.69, 9.17) is 5.73 Å². The van der Waals surface area contributed by atoms with Gasteiger partial charge in [0, 0.05) is 17.1 Å². The van der Waals surface area contributed by atoms with Crippen LogP contribution in [-0.4, -0.2) is 25.0 Å². The number of benzene rings is 1. The number of nitrogens with two attached hydrogens (primary N) is 1. The second-order valence-corrected chi connectivity index (χ2v) is 5.98. The fourth-order valence-corrected chi connectivity index (χ4v) is 3.15. The Morgan fingerprint density at radius 3 is 2.58 bits per heavy atom. The molecule has 2 unspecified atom stereocenters. The highest BCUT2D eigenvalue weighted by Crippen LogP contribution is 2.38. The van der Waals surface area contributed by atoms with Crippen LogP contribution in [0.2, 0.25) is 0 Å². The van der Waals surface area contributed by atoms with Gasteiger partial charge in [0.25, 0.3) is 0 Å². The van der Waals surface area contributed by atoms with Crippen LogP contribution in [0, 0.1) is 5.92 Å². The fourth-order valence-electron chi connectivity index (χ4n) is 2.63. The summed E-state index contributed by atoms with van der Waals surface area (Å²) in [5.41, 5.74) is 5.73. The Balaban J connectivity index is 2.33. The van der Waals surface area contributed by atoms with Crippen molar-refractivity contribution in [1.82, 2.24) is 4.90 Å². The largest absolute Gasteiger partial charge is 0.416 e. The van der Waals surface area contributed by atoms with Gasteiger partial charge in [-0.3, -0.25) is 4.90 Å². The summed E-state index contributed by atoms with van der Waals surface area (Å²) < 4.78 is 38.9. The zero-order valence-corrected chi connectivity index (χ0v) is 12.1. The molecular formula is C13H16BrF3N2. The van der Waals surface area contributed by atoms with Gasteiger partial charge >= 0.3 is 6.18 Å². The summed E-state index contributed by atoms with van der Waals surface area (Å²) in [6.45, 7) is 1.40. The first-order valence-corrected chi connectivity index (χ1v) is 6.88. The van der Waals surface area contributed by atoms with Crippen LogP contribution in [-0.2, 0) is 6.18 Å². The highest BCUT2D eigenvalue weighted by atomic mass is 79.9. The normalized spacial score (nSPS) is 24.9. The maximum Gasteiger partial charge on any atom is 0.416 e. The molecule has 19 heavy (non-hydrogen) atoms. The van der Waals surface area contributed by atoms with Crippen molar-refractivity contribution >= 4 is 15.9 Å². The maximum absolute atomic E-state index is 12.8. The van der Waals surface area contributed by atoms with Crippen LogP contribution >= 0.6 is 15.9 Å². The smallest absolute Gasteiger partial charge is 0.330 e. The van der Waals surface area contributed by atoms with Gasteiger partial charge in [0.05, 0.1) is 5.56 Å². The van der Waals surface area contributed by atoms with Crippen molar-refractivity contribution in [2.24, 2.45) is 11.7 Å². The molecule has 2 nitrogen and oxygen atoms in total. The van der Waals surface area contributed by atoms with E-state index in [2.05, 4.69) is 20.8 Å². The number of nitrogens with zero attached hydrogens (tertiary/aromatic N) is 1. The summed E-state index contributed by atoms with van der Waals surface area (Å²) in [6.07, 6.45) is -3.51. The van der Waals surface area contributed by atoms with Crippen LogP contribution in [0.5, 0.6) is 0 Å². The van der Waals surface area contributed by atoms with E-state index >= 15 is 0 Å². The third-order valence-electron chi connectivity index (χ3n) is 3.60. The highest BCUT2D eigenvalue weighted by Gasteiger charge is 2.34. The predicted molar refractivity (Wildman–Crippen MR) is 71.7 cm³/mol. The standard InChI is InChI=1S/C13H16BrF3N2/c1-19-7-8(6-18)2-12(19)9-3-10(13(15,16)17)5-11(14)4-9/h3-5,8,12H,2,6-7,18H2,1H3. The van der Waals surface area contributed by atoms with Gasteiger partial charge in [-0.1, -0.05) is 15.9 Å². The number of rotatable bonds is 2. The molecule has 1 aliphatic rings. The van der Waals surface area contributed by atoms with Gasteiger partial charge in [-0.05, 0) is 49.7 Å². The van der Waals surface area contributed by atoms with Gasteiger partial charge in [-0.2, -0.15) is 13.2 Å². The Labute approximate surface area is 118 Å². The summed E-state index contributed by atoms with van der Waals surface area (Å²) in [7, 11) is 1.93. The average Bonchev–Trinajstić information content (AvgIpc) is 2.68. The second-order valence-electron chi connectivity index (χ2n) is 5.06. The van der Waals surface area contributed by atoms with Crippen LogP contribution < -0.4 is 5.73 Å². The van der Waals surface area contributed by atoms with Crippen molar-refractivity contribution in [1.29, 1.82) is 0 Å². The molecular weight excluding hydrogens is 321 g/mol. The Morgan fingerprint density at radius 1 is 1.37 bits per heavy atom. The maximum atomic E-state index is 12.8. The van der Waals surface area contributed by atoms with Crippen LogP contribution in [0.25, 0.3) is 0 Å². The lowest BCUT2D eigenvalue weighted by Gasteiger charge is -2.21. The SMILES string of the molecule is CN1CC(CN)CC1c1cc(Br)cc(C(F)(F)F)c1. The van der Waals surface area contributed by atoms with Crippen molar-refractivity contribution in [3.63, 3.8) is 0 Å². The zero-order chi connectivity index (χ0) is 14.2. The van der Waals surface area contributed by atoms with E-state index in [-0.39, 0.29) is 6.04 Å². The number of likely N-dealkylation sites (tertiary alicyclic amines) is 1. The Morgan fingerprint density at radius 2 is 2.05 bits per heavy atom. The quantitative estimate of drug-likeness (QED) is 0.896. The molecule has 2 rings (SSSR count). The molecule has 2 atom stereocenters. The molecule has 2 N–H and O–H groups in total. The first-order valence-electron chi connectivity index (χ1n) is 6.09. The minimum atomic E-state index is -4.32. The van der Waals surface area contributed by atoms with E-state index in [1.165, 1.54) is 6.07 Å². The number of hydrogen-bond donors (Lipinski definition) is 1. The van der Waals surface area contributed by atoms with Crippen molar-refractivity contribution in [3.05, 3.63) is 33.8 Å². The Hall–Kier alpha value is -0.590. The summed E-state index contributed by atoms with van der Waals surface area (Å²) in [5, 5.41) is 0. The first-order chi connectivity index (χ1) is 8.81. The molecule has 0 aliphatic carbocycles. The Bertz CT molecular complexity index is 462. The van der Waals surface area contributed by atoms with Crippen LogP contribution in [0.1, 0.15) is 23.6 Å². The monoisotopic (exact) mass is 336 g/mol. The molecule has 1 heterocycles. The molecule has 1 aromatic rings. The minimum Gasteiger partial charge on any atom is -0.330 e. The lowest BCUT2D eigenvalue weighted by molar-refractivity contribution is -0.137. The number of alkyl halides is 3. The van der Waals surface area contributed by atoms with E-state index in [1.807, 2.05) is 7.05 Å². The molecule has 0 spiro atoms. The van der Waals surface area contributed by atoms with Gasteiger partial charge in [-0.15, -0.1) is 0 Å². The van der Waals surface area contributed by atoms with E-state index in [9.17, 15) is 13.2 Å². The molecule has 0 bridgehead atoms. The molecule has 0 amide bonds. The molecule has 106 valence electrons. The average molecular weight is 337 g/mol. The summed E-state index contributed by atoms with van der Waals surface area (Å²) in [5.74, 6) is 0.350. The molecule has 1 saturated heterocycles. The van der Waals surface area contributed by atoms with Crippen molar-refractivity contribution in [2.75, 3.05) is 20.1 Å². The van der Waals surface area contributed by atoms with Crippen LogP contribution in [0.15, 0.2) is 22.7 Å². The van der Waals surface area contributed by atoms with Gasteiger partial charge < -0.3 is 5.73 Å². The minimum absolute atomic E-state index is 0.00662. The highest BCUT2D eigenvalue weighted by molar-refractivity contribution is 9.10. The number of halogens is 4. The topological polar surface area (TPSA) is 29.3 Å². The number of hydrogen-bond acceptors (Lipinski definition) is 2. The first kappa shape index (κ1) is 14.8. The molecule has 0 saturated carbocycles. The molecule has 0 aromatic heterocycles. The van der Waals surface area contributed by atoms with Gasteiger partial charge in [0.15, 0.2) is 0 Å². The second kappa shape index (κ2) is 5.42. The molecule has 1 fully saturated rings. The van der Waals surface area contributed by atoms with E-state index in [0.29, 0.717) is 22.5 Å². The van der Waals surface area contributed by atoms with Crippen LogP contribution in [0.3, 0.4) is 0 Å². The van der Waals surface area contributed by atoms with Gasteiger partial charge in [0.2, 0.25) is 0 Å². The van der Waals surface area contributed by atoms with Crippen molar-refractivity contribution in [2.45, 2.75) is 18.6 Å². The van der Waals surface area contributed by atoms with E-state index < -0.39 is 11.7 Å². The molecule has 0 radical (unpaired) electrons. The lowest BCUT2D eigenvalue weighted by Crippen LogP contribution is -2.20. The fraction of sp³-hybridized carbons (Fsp3) is 0.538. The van der Waals surface area contributed by atoms with E-state index in [0.717, 1.165) is 19.0 Å². The molecule has 1 aliphatic heterocycles. The summed E-state index contributed by atoms with van der Waals surface area (Å²) in [4.78, 5) is 2.07. The van der Waals surface area contributed by atoms with Crippen molar-refractivity contribution < 1.29 is 13.2 Å². The van der Waals surface area contributed by atoms with E-state index in [1.54, 1.807) is 6.07 Å². The molecule has 1 aromatic carbocycles. The zero-order valence-electron chi connectivity index (χ0n) is 10.5. The van der Waals surface area contributed by atoms with Gasteiger partial charge in [-0.25, -0.2) is 0 Å². The van der Waals surface area contributed by atoms with Crippen LogP contribution in [0.4, 0.5) is 13.2 Å².